The van der Waals surface area contributed by atoms with Gasteiger partial charge in [-0.15, -0.1) is 11.6 Å². The summed E-state index contributed by atoms with van der Waals surface area (Å²) in [6.07, 6.45) is 7.05. The van der Waals surface area contributed by atoms with Gasteiger partial charge in [0.25, 0.3) is 0 Å². The molecule has 2 rings (SSSR count). The summed E-state index contributed by atoms with van der Waals surface area (Å²) in [5, 5.41) is 0. The Morgan fingerprint density at radius 2 is 2.55 bits per heavy atom. The van der Waals surface area contributed by atoms with Crippen LogP contribution < -0.4 is 0 Å². The maximum atomic E-state index is 11.3. The Kier molecular flexibility index (Phi) is 1.57. The predicted molar refractivity (Wildman–Crippen MR) is 44.6 cm³/mol. The van der Waals surface area contributed by atoms with E-state index >= 15 is 0 Å². The molecular formula is C9H11ClO. The zero-order valence-corrected chi connectivity index (χ0v) is 7.10. The van der Waals surface area contributed by atoms with Crippen molar-refractivity contribution in [1.29, 1.82) is 0 Å². The molecule has 0 saturated heterocycles. The van der Waals surface area contributed by atoms with Crippen molar-refractivity contribution < 1.29 is 4.79 Å². The van der Waals surface area contributed by atoms with Crippen LogP contribution >= 0.6 is 11.6 Å². The molecule has 0 aromatic carbocycles. The van der Waals surface area contributed by atoms with E-state index in [2.05, 4.69) is 12.2 Å². The number of Topliss-reactive ketones (excluding diaryl/α,β-unsaturated/α-hetero) is 1. The number of allylic oxidation sites excluding steroid dienone is 2. The van der Waals surface area contributed by atoms with Gasteiger partial charge in [0.1, 0.15) is 5.78 Å². The summed E-state index contributed by atoms with van der Waals surface area (Å²) in [5.41, 5.74) is -0.143. The second-order valence-corrected chi connectivity index (χ2v) is 3.76. The Balaban J connectivity index is 2.26. The van der Waals surface area contributed by atoms with E-state index in [9.17, 15) is 4.79 Å². The molecule has 0 aliphatic heterocycles. The van der Waals surface area contributed by atoms with E-state index in [0.717, 1.165) is 19.3 Å². The second-order valence-electron chi connectivity index (χ2n) is 3.49. The lowest BCUT2D eigenvalue weighted by Crippen LogP contribution is -2.51. The minimum absolute atomic E-state index is 0.143. The minimum atomic E-state index is -0.143. The first-order valence-corrected chi connectivity index (χ1v) is 4.59. The van der Waals surface area contributed by atoms with E-state index < -0.39 is 0 Å². The number of rotatable bonds is 1. The summed E-state index contributed by atoms with van der Waals surface area (Å²) in [4.78, 5) is 11.3. The standard InChI is InChI=1S/C9H11ClO/c10-6-9-4-2-1-3-7(9)5-8(9)11/h1,3,7H,2,4-6H2. The van der Waals surface area contributed by atoms with Crippen LogP contribution in [0.1, 0.15) is 19.3 Å². The third-order valence-electron chi connectivity index (χ3n) is 3.03. The van der Waals surface area contributed by atoms with Crippen molar-refractivity contribution in [2.45, 2.75) is 19.3 Å². The first kappa shape index (κ1) is 7.35. The lowest BCUT2D eigenvalue weighted by molar-refractivity contribution is -0.142. The van der Waals surface area contributed by atoms with E-state index in [0.29, 0.717) is 17.6 Å². The van der Waals surface area contributed by atoms with Crippen LogP contribution in [0.25, 0.3) is 0 Å². The van der Waals surface area contributed by atoms with Crippen LogP contribution in [0.3, 0.4) is 0 Å². The van der Waals surface area contributed by atoms with Crippen LogP contribution in [-0.2, 0) is 4.79 Å². The van der Waals surface area contributed by atoms with Gasteiger partial charge in [-0.3, -0.25) is 4.79 Å². The van der Waals surface area contributed by atoms with Crippen molar-refractivity contribution in [3.8, 4) is 0 Å². The number of halogens is 1. The van der Waals surface area contributed by atoms with Gasteiger partial charge < -0.3 is 0 Å². The summed E-state index contributed by atoms with van der Waals surface area (Å²) >= 11 is 5.81. The van der Waals surface area contributed by atoms with Crippen molar-refractivity contribution >= 4 is 17.4 Å². The molecule has 0 radical (unpaired) electrons. The van der Waals surface area contributed by atoms with Crippen molar-refractivity contribution in [2.75, 3.05) is 5.88 Å². The number of carbonyl (C=O) groups is 1. The fourth-order valence-electron chi connectivity index (χ4n) is 2.09. The first-order valence-electron chi connectivity index (χ1n) is 4.05. The molecule has 1 fully saturated rings. The lowest BCUT2D eigenvalue weighted by atomic mass is 9.56. The average molecular weight is 171 g/mol. The molecule has 2 aliphatic carbocycles. The number of fused-ring (bicyclic) bond motifs is 1. The molecule has 11 heavy (non-hydrogen) atoms. The molecule has 60 valence electrons. The van der Waals surface area contributed by atoms with Crippen LogP contribution in [0, 0.1) is 11.3 Å². The van der Waals surface area contributed by atoms with E-state index in [-0.39, 0.29) is 5.41 Å². The topological polar surface area (TPSA) is 17.1 Å². The van der Waals surface area contributed by atoms with Gasteiger partial charge in [0.15, 0.2) is 0 Å². The van der Waals surface area contributed by atoms with Gasteiger partial charge in [0, 0.05) is 17.7 Å². The van der Waals surface area contributed by atoms with Gasteiger partial charge in [0.2, 0.25) is 0 Å². The maximum absolute atomic E-state index is 11.3. The number of carbonyl (C=O) groups excluding carboxylic acids is 1. The van der Waals surface area contributed by atoms with Crippen LogP contribution in [0.2, 0.25) is 0 Å². The van der Waals surface area contributed by atoms with Gasteiger partial charge in [-0.1, -0.05) is 12.2 Å². The number of hydrogen-bond donors (Lipinski definition) is 0. The van der Waals surface area contributed by atoms with Gasteiger partial charge >= 0.3 is 0 Å². The molecule has 1 nitrogen and oxygen atoms in total. The third-order valence-corrected chi connectivity index (χ3v) is 3.51. The Morgan fingerprint density at radius 1 is 1.73 bits per heavy atom. The molecule has 2 atom stereocenters. The summed E-state index contributed by atoms with van der Waals surface area (Å²) in [5.74, 6) is 1.35. The summed E-state index contributed by atoms with van der Waals surface area (Å²) < 4.78 is 0. The maximum Gasteiger partial charge on any atom is 0.141 e. The van der Waals surface area contributed by atoms with E-state index in [1.807, 2.05) is 0 Å². The highest BCUT2D eigenvalue weighted by molar-refractivity contribution is 6.20. The molecule has 0 heterocycles. The van der Waals surface area contributed by atoms with E-state index in [1.54, 1.807) is 0 Å². The summed E-state index contributed by atoms with van der Waals surface area (Å²) in [7, 11) is 0. The van der Waals surface area contributed by atoms with Crippen LogP contribution in [0.4, 0.5) is 0 Å². The molecule has 2 aliphatic rings. The molecule has 0 spiro atoms. The Bertz CT molecular complexity index is 222. The molecule has 2 unspecified atom stereocenters. The van der Waals surface area contributed by atoms with Gasteiger partial charge in [-0.05, 0) is 18.8 Å². The zero-order chi connectivity index (χ0) is 7.90. The number of hydrogen-bond acceptors (Lipinski definition) is 1. The first-order chi connectivity index (χ1) is 5.29. The van der Waals surface area contributed by atoms with Crippen molar-refractivity contribution in [1.82, 2.24) is 0 Å². The van der Waals surface area contributed by atoms with Crippen LogP contribution in [0.15, 0.2) is 12.2 Å². The molecule has 0 N–H and O–H groups in total. The highest BCUT2D eigenvalue weighted by Gasteiger charge is 2.53. The Labute approximate surface area is 71.4 Å². The van der Waals surface area contributed by atoms with Crippen molar-refractivity contribution in [3.05, 3.63) is 12.2 Å². The van der Waals surface area contributed by atoms with Crippen molar-refractivity contribution in [3.63, 3.8) is 0 Å². The van der Waals surface area contributed by atoms with Crippen LogP contribution in [-0.4, -0.2) is 11.7 Å². The van der Waals surface area contributed by atoms with E-state index in [4.69, 9.17) is 11.6 Å². The Morgan fingerprint density at radius 3 is 3.00 bits per heavy atom. The molecular weight excluding hydrogens is 160 g/mol. The predicted octanol–water partition coefficient (Wildman–Crippen LogP) is 2.15. The second kappa shape index (κ2) is 2.34. The summed E-state index contributed by atoms with van der Waals surface area (Å²) in [6.45, 7) is 0. The SMILES string of the molecule is O=C1CC2C=CCCC12CCl. The normalized spacial score (nSPS) is 41.5. The molecule has 1 saturated carbocycles. The van der Waals surface area contributed by atoms with Crippen LogP contribution in [0.5, 0.6) is 0 Å². The number of ketones is 1. The zero-order valence-electron chi connectivity index (χ0n) is 6.35. The highest BCUT2D eigenvalue weighted by atomic mass is 35.5. The third kappa shape index (κ3) is 0.807. The quantitative estimate of drug-likeness (QED) is 0.436. The van der Waals surface area contributed by atoms with Crippen molar-refractivity contribution in [2.24, 2.45) is 11.3 Å². The molecule has 0 amide bonds. The largest absolute Gasteiger partial charge is 0.299 e. The molecule has 0 aromatic heterocycles. The minimum Gasteiger partial charge on any atom is -0.299 e. The lowest BCUT2D eigenvalue weighted by Gasteiger charge is -2.47. The molecule has 2 heteroatoms. The average Bonchev–Trinajstić information content (AvgIpc) is 2.03. The van der Waals surface area contributed by atoms with Gasteiger partial charge in [-0.25, -0.2) is 0 Å². The highest BCUT2D eigenvalue weighted by Crippen LogP contribution is 2.50. The van der Waals surface area contributed by atoms with E-state index in [1.165, 1.54) is 0 Å². The summed E-state index contributed by atoms with van der Waals surface area (Å²) in [6, 6.07) is 0. The molecule has 0 bridgehead atoms. The van der Waals surface area contributed by atoms with Gasteiger partial charge in [0.05, 0.1) is 0 Å². The Hall–Kier alpha value is -0.300. The molecule has 0 aromatic rings. The van der Waals surface area contributed by atoms with Gasteiger partial charge in [-0.2, -0.15) is 0 Å². The monoisotopic (exact) mass is 170 g/mol. The fraction of sp³-hybridized carbons (Fsp3) is 0.667. The fourth-order valence-corrected chi connectivity index (χ4v) is 2.57. The number of alkyl halides is 1. The smallest absolute Gasteiger partial charge is 0.141 e.